The van der Waals surface area contributed by atoms with Crippen LogP contribution in [0.3, 0.4) is 0 Å². The molecule has 1 saturated heterocycles. The second kappa shape index (κ2) is 7.44. The molecule has 5 heteroatoms. The van der Waals surface area contributed by atoms with Gasteiger partial charge in [-0.3, -0.25) is 19.3 Å². The van der Waals surface area contributed by atoms with E-state index < -0.39 is 0 Å². The number of amides is 3. The summed E-state index contributed by atoms with van der Waals surface area (Å²) in [4.78, 5) is 38.4. The Morgan fingerprint density at radius 2 is 1.77 bits per heavy atom. The van der Waals surface area contributed by atoms with Crippen molar-refractivity contribution in [2.24, 2.45) is 11.8 Å². The molecule has 3 amide bonds. The highest BCUT2D eigenvalue weighted by Crippen LogP contribution is 2.35. The summed E-state index contributed by atoms with van der Waals surface area (Å²) < 4.78 is 0. The molecule has 0 aromatic heterocycles. The van der Waals surface area contributed by atoms with Crippen molar-refractivity contribution in [3.63, 3.8) is 0 Å². The van der Waals surface area contributed by atoms with Crippen molar-refractivity contribution >= 4 is 17.7 Å². The lowest BCUT2D eigenvalue weighted by Crippen LogP contribution is -2.36. The van der Waals surface area contributed by atoms with E-state index in [0.717, 1.165) is 11.1 Å². The first kappa shape index (κ1) is 18.4. The Labute approximate surface area is 154 Å². The van der Waals surface area contributed by atoms with Crippen molar-refractivity contribution < 1.29 is 14.4 Å². The van der Waals surface area contributed by atoms with E-state index in [-0.39, 0.29) is 48.6 Å². The van der Waals surface area contributed by atoms with Gasteiger partial charge in [-0.05, 0) is 44.7 Å². The summed E-state index contributed by atoms with van der Waals surface area (Å²) in [6.07, 6.45) is 5.32. The summed E-state index contributed by atoms with van der Waals surface area (Å²) in [6.45, 7) is 6.18. The highest BCUT2D eigenvalue weighted by Gasteiger charge is 2.46. The minimum atomic E-state index is -0.232. The van der Waals surface area contributed by atoms with Crippen molar-refractivity contribution in [3.8, 4) is 0 Å². The third-order valence-electron chi connectivity index (χ3n) is 5.43. The summed E-state index contributed by atoms with van der Waals surface area (Å²) in [5, 5.41) is 2.97. The zero-order valence-electron chi connectivity index (χ0n) is 15.6. The average Bonchev–Trinajstić information content (AvgIpc) is 2.84. The maximum absolute atomic E-state index is 12.4. The van der Waals surface area contributed by atoms with E-state index in [4.69, 9.17) is 0 Å². The van der Waals surface area contributed by atoms with E-state index in [2.05, 4.69) is 11.4 Å². The first-order valence-electron chi connectivity index (χ1n) is 9.25. The normalized spacial score (nSPS) is 23.1. The van der Waals surface area contributed by atoms with Crippen LogP contribution >= 0.6 is 0 Å². The fourth-order valence-electron chi connectivity index (χ4n) is 4.01. The average molecular weight is 354 g/mol. The van der Waals surface area contributed by atoms with Crippen LogP contribution in [0.1, 0.15) is 48.9 Å². The molecule has 26 heavy (non-hydrogen) atoms. The Morgan fingerprint density at radius 1 is 1.15 bits per heavy atom. The maximum Gasteiger partial charge on any atom is 0.233 e. The molecule has 3 atom stereocenters. The number of benzene rings is 1. The van der Waals surface area contributed by atoms with Crippen LogP contribution in [-0.2, 0) is 14.4 Å². The van der Waals surface area contributed by atoms with Crippen LogP contribution in [-0.4, -0.2) is 29.2 Å². The van der Waals surface area contributed by atoms with Gasteiger partial charge < -0.3 is 5.32 Å². The molecule has 1 aromatic rings. The summed E-state index contributed by atoms with van der Waals surface area (Å²) in [5.74, 6) is -0.861. The lowest BCUT2D eigenvalue weighted by Gasteiger charge is -2.19. The SMILES string of the molecule is Cc1ccc(C(C)NC(=O)CCN2C(=O)[C@H]3CC=CC[C@H]3C2=O)c(C)c1. The molecular formula is C21H26N2O3. The van der Waals surface area contributed by atoms with Gasteiger partial charge in [0, 0.05) is 13.0 Å². The molecule has 3 rings (SSSR count). The number of likely N-dealkylation sites (tertiary alicyclic amines) is 1. The number of nitrogens with zero attached hydrogens (tertiary/aromatic N) is 1. The maximum atomic E-state index is 12.4. The zero-order chi connectivity index (χ0) is 18.8. The predicted octanol–water partition coefficient (Wildman–Crippen LogP) is 2.82. The Kier molecular flexibility index (Phi) is 5.25. The summed E-state index contributed by atoms with van der Waals surface area (Å²) in [6, 6.07) is 6.04. The zero-order valence-corrected chi connectivity index (χ0v) is 15.6. The van der Waals surface area contributed by atoms with Crippen molar-refractivity contribution in [2.75, 3.05) is 6.54 Å². The first-order valence-corrected chi connectivity index (χ1v) is 9.25. The van der Waals surface area contributed by atoms with E-state index in [1.165, 1.54) is 10.5 Å². The molecule has 138 valence electrons. The number of carbonyl (C=O) groups is 3. The number of carbonyl (C=O) groups excluding carboxylic acids is 3. The molecule has 0 radical (unpaired) electrons. The predicted molar refractivity (Wildman–Crippen MR) is 99.2 cm³/mol. The summed E-state index contributed by atoms with van der Waals surface area (Å²) >= 11 is 0. The smallest absolute Gasteiger partial charge is 0.233 e. The van der Waals surface area contributed by atoms with Crippen LogP contribution in [0.25, 0.3) is 0 Å². The van der Waals surface area contributed by atoms with E-state index in [1.807, 2.05) is 45.1 Å². The largest absolute Gasteiger partial charge is 0.350 e. The molecule has 1 unspecified atom stereocenters. The van der Waals surface area contributed by atoms with Gasteiger partial charge in [0.05, 0.1) is 17.9 Å². The number of rotatable bonds is 5. The fraction of sp³-hybridized carbons (Fsp3) is 0.476. The molecule has 0 spiro atoms. The highest BCUT2D eigenvalue weighted by atomic mass is 16.2. The second-order valence-electron chi connectivity index (χ2n) is 7.38. The standard InChI is InChI=1S/C21H26N2O3/c1-13-8-9-16(14(2)12-13)15(3)22-19(24)10-11-23-20(25)17-6-4-5-7-18(17)21(23)26/h4-5,8-9,12,15,17-18H,6-7,10-11H2,1-3H3,(H,22,24)/t15?,17-,18+. The van der Waals surface area contributed by atoms with Crippen molar-refractivity contribution in [1.29, 1.82) is 0 Å². The van der Waals surface area contributed by atoms with Gasteiger partial charge in [0.25, 0.3) is 0 Å². The molecule has 1 aliphatic heterocycles. The molecule has 0 saturated carbocycles. The van der Waals surface area contributed by atoms with Crippen molar-refractivity contribution in [1.82, 2.24) is 10.2 Å². The Morgan fingerprint density at radius 3 is 2.35 bits per heavy atom. The van der Waals surface area contributed by atoms with E-state index in [9.17, 15) is 14.4 Å². The number of hydrogen-bond acceptors (Lipinski definition) is 3. The van der Waals surface area contributed by atoms with Gasteiger partial charge in [-0.15, -0.1) is 0 Å². The minimum Gasteiger partial charge on any atom is -0.350 e. The van der Waals surface area contributed by atoms with E-state index >= 15 is 0 Å². The summed E-state index contributed by atoms with van der Waals surface area (Å²) in [7, 11) is 0. The van der Waals surface area contributed by atoms with E-state index in [0.29, 0.717) is 12.8 Å². The molecule has 1 N–H and O–H groups in total. The van der Waals surface area contributed by atoms with Crippen LogP contribution in [0.4, 0.5) is 0 Å². The number of nitrogens with one attached hydrogen (secondary N) is 1. The topological polar surface area (TPSA) is 66.5 Å². The quantitative estimate of drug-likeness (QED) is 0.653. The molecule has 0 bridgehead atoms. The van der Waals surface area contributed by atoms with Gasteiger partial charge in [0.2, 0.25) is 17.7 Å². The van der Waals surface area contributed by atoms with Gasteiger partial charge in [0.1, 0.15) is 0 Å². The molecular weight excluding hydrogens is 328 g/mol. The molecule has 5 nitrogen and oxygen atoms in total. The summed E-state index contributed by atoms with van der Waals surface area (Å²) in [5.41, 5.74) is 3.40. The molecule has 1 aliphatic carbocycles. The van der Waals surface area contributed by atoms with Crippen LogP contribution in [0.15, 0.2) is 30.4 Å². The van der Waals surface area contributed by atoms with Gasteiger partial charge >= 0.3 is 0 Å². The van der Waals surface area contributed by atoms with Crippen LogP contribution in [0, 0.1) is 25.7 Å². The Balaban J connectivity index is 1.56. The third-order valence-corrected chi connectivity index (χ3v) is 5.43. The van der Waals surface area contributed by atoms with Gasteiger partial charge in [-0.2, -0.15) is 0 Å². The molecule has 1 heterocycles. The van der Waals surface area contributed by atoms with Crippen molar-refractivity contribution in [2.45, 2.75) is 46.1 Å². The fourth-order valence-corrected chi connectivity index (χ4v) is 4.01. The third kappa shape index (κ3) is 3.57. The van der Waals surface area contributed by atoms with Crippen LogP contribution in [0.2, 0.25) is 0 Å². The van der Waals surface area contributed by atoms with Crippen LogP contribution in [0.5, 0.6) is 0 Å². The Bertz CT molecular complexity index is 743. The molecule has 1 aromatic carbocycles. The van der Waals surface area contributed by atoms with E-state index in [1.54, 1.807) is 0 Å². The number of imide groups is 1. The number of allylic oxidation sites excluding steroid dienone is 2. The first-order chi connectivity index (χ1) is 12.4. The second-order valence-corrected chi connectivity index (χ2v) is 7.38. The van der Waals surface area contributed by atoms with Gasteiger partial charge in [0.15, 0.2) is 0 Å². The number of aryl methyl sites for hydroxylation is 2. The lowest BCUT2D eigenvalue weighted by atomic mass is 9.85. The number of fused-ring (bicyclic) bond motifs is 1. The highest BCUT2D eigenvalue weighted by molar-refractivity contribution is 6.05. The minimum absolute atomic E-state index is 0.111. The molecule has 1 fully saturated rings. The molecule has 2 aliphatic rings. The Hall–Kier alpha value is -2.43. The number of hydrogen-bond donors (Lipinski definition) is 1. The van der Waals surface area contributed by atoms with Gasteiger partial charge in [-0.25, -0.2) is 0 Å². The van der Waals surface area contributed by atoms with Crippen molar-refractivity contribution in [3.05, 3.63) is 47.0 Å². The van der Waals surface area contributed by atoms with Crippen LogP contribution < -0.4 is 5.32 Å². The van der Waals surface area contributed by atoms with Gasteiger partial charge in [-0.1, -0.05) is 35.9 Å². The monoisotopic (exact) mass is 354 g/mol. The lowest BCUT2D eigenvalue weighted by molar-refractivity contribution is -0.140.